The molecule has 0 aliphatic carbocycles. The molecule has 2 amide bonds. The molecule has 37 heavy (non-hydrogen) atoms. The Kier molecular flexibility index (Phi) is 7.45. The summed E-state index contributed by atoms with van der Waals surface area (Å²) in [5.74, 6) is -0.0284. The number of amides is 2. The first kappa shape index (κ1) is 25.7. The van der Waals surface area contributed by atoms with E-state index in [1.807, 2.05) is 42.5 Å². The van der Waals surface area contributed by atoms with Crippen LogP contribution < -0.4 is 19.3 Å². The summed E-state index contributed by atoms with van der Waals surface area (Å²) in [6.45, 7) is 1.24. The van der Waals surface area contributed by atoms with Gasteiger partial charge in [0, 0.05) is 37.8 Å². The van der Waals surface area contributed by atoms with Crippen molar-refractivity contribution in [3.05, 3.63) is 91.0 Å². The van der Waals surface area contributed by atoms with Gasteiger partial charge in [-0.1, -0.05) is 36.4 Å². The van der Waals surface area contributed by atoms with Crippen LogP contribution in [0.1, 0.15) is 6.92 Å². The first-order valence-corrected chi connectivity index (χ1v) is 12.9. The number of rotatable bonds is 8. The van der Waals surface area contributed by atoms with Crippen LogP contribution in [-0.2, 0) is 19.6 Å². The molecular weight excluding hydrogens is 490 g/mol. The smallest absolute Gasteiger partial charge is 0.264 e. The van der Waals surface area contributed by atoms with Gasteiger partial charge < -0.3 is 15.0 Å². The van der Waals surface area contributed by atoms with Gasteiger partial charge in [-0.15, -0.1) is 0 Å². The number of ether oxygens (including phenoxy) is 1. The zero-order chi connectivity index (χ0) is 26.6. The molecule has 0 spiro atoms. The predicted molar refractivity (Wildman–Crippen MR) is 146 cm³/mol. The molecule has 0 aliphatic rings. The van der Waals surface area contributed by atoms with Crippen LogP contribution >= 0.6 is 0 Å². The van der Waals surface area contributed by atoms with Crippen LogP contribution in [0.25, 0.3) is 10.8 Å². The van der Waals surface area contributed by atoms with Crippen molar-refractivity contribution in [2.24, 2.45) is 0 Å². The lowest BCUT2D eigenvalue weighted by Crippen LogP contribution is -2.27. The third kappa shape index (κ3) is 5.73. The maximum absolute atomic E-state index is 13.1. The second kappa shape index (κ2) is 10.7. The fourth-order valence-electron chi connectivity index (χ4n) is 3.74. The quantitative estimate of drug-likeness (QED) is 0.367. The minimum absolute atomic E-state index is 0.0983. The Hall–Kier alpha value is -4.37. The lowest BCUT2D eigenvalue weighted by atomic mass is 10.1. The SMILES string of the molecule is CC(=O)N(C)c1ccc(S(=O)(=O)N(C)c2ccc(OCC(=O)Nc3cccc4ccccc34)cc2)cc1. The van der Waals surface area contributed by atoms with Crippen LogP contribution in [0.4, 0.5) is 17.1 Å². The Morgan fingerprint density at radius 3 is 2.11 bits per heavy atom. The van der Waals surface area contributed by atoms with Crippen molar-refractivity contribution in [3.63, 3.8) is 0 Å². The summed E-state index contributed by atoms with van der Waals surface area (Å²) in [6.07, 6.45) is 0. The van der Waals surface area contributed by atoms with E-state index in [1.165, 1.54) is 31.0 Å². The van der Waals surface area contributed by atoms with Gasteiger partial charge in [0.1, 0.15) is 5.75 Å². The predicted octanol–water partition coefficient (Wildman–Crippen LogP) is 4.67. The third-order valence-electron chi connectivity index (χ3n) is 5.99. The summed E-state index contributed by atoms with van der Waals surface area (Å²) in [5.41, 5.74) is 1.73. The van der Waals surface area contributed by atoms with E-state index in [1.54, 1.807) is 43.4 Å². The van der Waals surface area contributed by atoms with Crippen LogP contribution in [0.5, 0.6) is 5.75 Å². The van der Waals surface area contributed by atoms with Gasteiger partial charge in [-0.25, -0.2) is 8.42 Å². The highest BCUT2D eigenvalue weighted by molar-refractivity contribution is 7.92. The highest BCUT2D eigenvalue weighted by atomic mass is 32.2. The largest absolute Gasteiger partial charge is 0.484 e. The Morgan fingerprint density at radius 2 is 1.43 bits per heavy atom. The van der Waals surface area contributed by atoms with Gasteiger partial charge in [0.2, 0.25) is 5.91 Å². The van der Waals surface area contributed by atoms with Crippen molar-refractivity contribution in [2.75, 3.05) is 35.2 Å². The maximum atomic E-state index is 13.1. The van der Waals surface area contributed by atoms with Crippen LogP contribution in [0, 0.1) is 0 Å². The van der Waals surface area contributed by atoms with E-state index in [9.17, 15) is 18.0 Å². The van der Waals surface area contributed by atoms with Gasteiger partial charge >= 0.3 is 0 Å². The molecule has 0 saturated carbocycles. The van der Waals surface area contributed by atoms with Gasteiger partial charge in [0.05, 0.1) is 10.6 Å². The molecule has 4 aromatic rings. The van der Waals surface area contributed by atoms with Crippen molar-refractivity contribution < 1.29 is 22.7 Å². The highest BCUT2D eigenvalue weighted by Crippen LogP contribution is 2.26. The summed E-state index contributed by atoms with van der Waals surface area (Å²) in [4.78, 5) is 25.5. The Balaban J connectivity index is 1.38. The summed E-state index contributed by atoms with van der Waals surface area (Å²) < 4.78 is 32.9. The number of anilines is 3. The fraction of sp³-hybridized carbons (Fsp3) is 0.143. The molecule has 4 aromatic carbocycles. The first-order valence-electron chi connectivity index (χ1n) is 11.5. The number of nitrogens with one attached hydrogen (secondary N) is 1. The van der Waals surface area contributed by atoms with Crippen molar-refractivity contribution in [2.45, 2.75) is 11.8 Å². The second-order valence-corrected chi connectivity index (χ2v) is 10.4. The van der Waals surface area contributed by atoms with Gasteiger partial charge in [-0.3, -0.25) is 13.9 Å². The molecule has 0 aliphatic heterocycles. The van der Waals surface area contributed by atoms with Crippen LogP contribution in [0.2, 0.25) is 0 Å². The molecule has 0 fully saturated rings. The average molecular weight is 518 g/mol. The van der Waals surface area contributed by atoms with E-state index in [-0.39, 0.29) is 23.3 Å². The molecule has 0 radical (unpaired) electrons. The topological polar surface area (TPSA) is 96.0 Å². The van der Waals surface area contributed by atoms with Crippen molar-refractivity contribution in [1.82, 2.24) is 0 Å². The fourth-order valence-corrected chi connectivity index (χ4v) is 4.94. The normalized spacial score (nSPS) is 11.1. The second-order valence-electron chi connectivity index (χ2n) is 8.40. The zero-order valence-electron chi connectivity index (χ0n) is 20.7. The minimum atomic E-state index is -3.82. The van der Waals surface area contributed by atoms with Gasteiger partial charge in [0.15, 0.2) is 6.61 Å². The van der Waals surface area contributed by atoms with Crippen molar-refractivity contribution in [1.29, 1.82) is 0 Å². The molecule has 0 bridgehead atoms. The van der Waals surface area contributed by atoms with E-state index in [2.05, 4.69) is 5.32 Å². The number of nitrogens with zero attached hydrogens (tertiary/aromatic N) is 2. The number of hydrogen-bond acceptors (Lipinski definition) is 5. The number of sulfonamides is 1. The van der Waals surface area contributed by atoms with Gasteiger partial charge in [0.25, 0.3) is 15.9 Å². The van der Waals surface area contributed by atoms with Gasteiger partial charge in [-0.05, 0) is 60.0 Å². The molecule has 190 valence electrons. The Morgan fingerprint density at radius 1 is 0.811 bits per heavy atom. The number of hydrogen-bond donors (Lipinski definition) is 1. The Labute approximate surface area is 216 Å². The van der Waals surface area contributed by atoms with E-state index >= 15 is 0 Å². The standard InChI is InChI=1S/C28H27N3O5S/c1-20(32)30(2)22-13-17-25(18-14-22)37(34,35)31(3)23-11-15-24(16-12-23)36-19-28(33)29-27-10-6-8-21-7-4-5-9-26(21)27/h4-18H,19H2,1-3H3,(H,29,33). The van der Waals surface area contributed by atoms with Crippen LogP contribution in [0.15, 0.2) is 95.9 Å². The molecule has 8 nitrogen and oxygen atoms in total. The molecule has 4 rings (SSSR count). The van der Waals surface area contributed by atoms with Crippen molar-refractivity contribution >= 4 is 49.7 Å². The van der Waals surface area contributed by atoms with E-state index in [4.69, 9.17) is 4.74 Å². The summed E-state index contributed by atoms with van der Waals surface area (Å²) in [7, 11) is -0.744. The molecule has 0 heterocycles. The highest BCUT2D eigenvalue weighted by Gasteiger charge is 2.22. The Bertz CT molecular complexity index is 1530. The molecule has 9 heteroatoms. The molecule has 1 N–H and O–H groups in total. The molecular formula is C28H27N3O5S. The van der Waals surface area contributed by atoms with E-state index in [0.29, 0.717) is 22.8 Å². The summed E-state index contributed by atoms with van der Waals surface area (Å²) in [5, 5.41) is 4.83. The van der Waals surface area contributed by atoms with Crippen molar-refractivity contribution in [3.8, 4) is 5.75 Å². The summed E-state index contributed by atoms with van der Waals surface area (Å²) >= 11 is 0. The monoisotopic (exact) mass is 517 g/mol. The average Bonchev–Trinajstić information content (AvgIpc) is 2.91. The summed E-state index contributed by atoms with van der Waals surface area (Å²) in [6, 6.07) is 26.0. The number of fused-ring (bicyclic) bond motifs is 1. The van der Waals surface area contributed by atoms with Gasteiger partial charge in [-0.2, -0.15) is 0 Å². The number of benzene rings is 4. The van der Waals surface area contributed by atoms with Crippen LogP contribution in [-0.4, -0.2) is 40.9 Å². The number of carbonyl (C=O) groups is 2. The lowest BCUT2D eigenvalue weighted by molar-refractivity contribution is -0.118. The first-order chi connectivity index (χ1) is 17.7. The van der Waals surface area contributed by atoms with Crippen LogP contribution in [0.3, 0.4) is 0 Å². The zero-order valence-corrected chi connectivity index (χ0v) is 21.5. The molecule has 0 atom stereocenters. The minimum Gasteiger partial charge on any atom is -0.484 e. The number of carbonyl (C=O) groups excluding carboxylic acids is 2. The maximum Gasteiger partial charge on any atom is 0.264 e. The third-order valence-corrected chi connectivity index (χ3v) is 7.79. The van der Waals surface area contributed by atoms with E-state index in [0.717, 1.165) is 15.1 Å². The molecule has 0 unspecified atom stereocenters. The van der Waals surface area contributed by atoms with E-state index < -0.39 is 10.0 Å². The molecule has 0 saturated heterocycles. The molecule has 0 aromatic heterocycles. The lowest BCUT2D eigenvalue weighted by Gasteiger charge is -2.21.